The van der Waals surface area contributed by atoms with E-state index >= 15 is 0 Å². The van der Waals surface area contributed by atoms with Crippen LogP contribution >= 0.6 is 0 Å². The molecule has 0 saturated heterocycles. The summed E-state index contributed by atoms with van der Waals surface area (Å²) in [6.07, 6.45) is 4.03. The maximum absolute atomic E-state index is 4.91. The predicted molar refractivity (Wildman–Crippen MR) is 96.9 cm³/mol. The molecule has 1 aliphatic heterocycles. The number of hydrogen-bond acceptors (Lipinski definition) is 2. The summed E-state index contributed by atoms with van der Waals surface area (Å²) >= 11 is 0. The summed E-state index contributed by atoms with van der Waals surface area (Å²) < 4.78 is 2.22. The highest BCUT2D eigenvalue weighted by atomic mass is 15.0. The Morgan fingerprint density at radius 2 is 1.75 bits per heavy atom. The van der Waals surface area contributed by atoms with Crippen LogP contribution in [-0.2, 0) is 6.54 Å². The minimum absolute atomic E-state index is 0.681. The average molecular weight is 309 g/mol. The van der Waals surface area contributed by atoms with Crippen LogP contribution in [0.2, 0.25) is 0 Å². The van der Waals surface area contributed by atoms with Crippen molar-refractivity contribution in [3.8, 4) is 5.69 Å². The van der Waals surface area contributed by atoms with Crippen LogP contribution in [0.5, 0.6) is 0 Å². The number of aromatic nitrogens is 2. The summed E-state index contributed by atoms with van der Waals surface area (Å²) in [5.74, 6) is 0. The lowest BCUT2D eigenvalue weighted by atomic mass is 10.1. The second kappa shape index (κ2) is 5.17. The fraction of sp³-hybridized carbons (Fsp3) is 0.0476. The van der Waals surface area contributed by atoms with Crippen molar-refractivity contribution >= 4 is 16.6 Å². The van der Waals surface area contributed by atoms with Crippen molar-refractivity contribution in [2.45, 2.75) is 6.54 Å². The third-order valence-electron chi connectivity index (χ3n) is 4.51. The fourth-order valence-electron chi connectivity index (χ4n) is 3.35. The molecule has 0 bridgehead atoms. The quantitative estimate of drug-likeness (QED) is 0.513. The molecule has 0 aliphatic carbocycles. The van der Waals surface area contributed by atoms with E-state index in [1.54, 1.807) is 0 Å². The van der Waals surface area contributed by atoms with Crippen molar-refractivity contribution < 1.29 is 0 Å². The van der Waals surface area contributed by atoms with Crippen molar-refractivity contribution in [3.63, 3.8) is 0 Å². The molecule has 0 radical (unpaired) electrons. The Bertz CT molecular complexity index is 1090. The average Bonchev–Trinajstić information content (AvgIpc) is 3.06. The lowest BCUT2D eigenvalue weighted by Crippen LogP contribution is -2.08. The molecule has 0 unspecified atom stereocenters. The molecule has 4 aromatic rings. The molecule has 0 fully saturated rings. The van der Waals surface area contributed by atoms with Crippen LogP contribution in [0.25, 0.3) is 16.6 Å². The number of pyridine rings is 1. The van der Waals surface area contributed by atoms with Gasteiger partial charge < -0.3 is 4.57 Å². The van der Waals surface area contributed by atoms with Gasteiger partial charge in [0, 0.05) is 23.3 Å². The molecule has 3 heterocycles. The van der Waals surface area contributed by atoms with Crippen LogP contribution < -0.4 is 0 Å². The summed E-state index contributed by atoms with van der Waals surface area (Å²) in [7, 11) is 0. The van der Waals surface area contributed by atoms with Gasteiger partial charge in [-0.3, -0.25) is 9.98 Å². The first-order valence-corrected chi connectivity index (χ1v) is 8.06. The largest absolute Gasteiger partial charge is 0.315 e. The third kappa shape index (κ3) is 1.98. The molecule has 5 rings (SSSR count). The van der Waals surface area contributed by atoms with E-state index in [4.69, 9.17) is 4.99 Å². The minimum Gasteiger partial charge on any atom is -0.315 e. The first-order valence-electron chi connectivity index (χ1n) is 8.06. The van der Waals surface area contributed by atoms with Crippen LogP contribution in [0.4, 0.5) is 0 Å². The first-order chi connectivity index (χ1) is 11.9. The molecule has 2 aromatic carbocycles. The lowest BCUT2D eigenvalue weighted by Gasteiger charge is -2.10. The standard InChI is InChI=1S/C21H15N3/c1-3-8-18-15(6-1)12-17(14-22-18)21-20-10-5-11-24(20)19-9-4-2-7-16(19)13-23-21/h1-12,14H,13H2. The highest BCUT2D eigenvalue weighted by molar-refractivity contribution is 6.13. The maximum Gasteiger partial charge on any atom is 0.0906 e. The van der Waals surface area contributed by atoms with E-state index in [-0.39, 0.29) is 0 Å². The monoisotopic (exact) mass is 309 g/mol. The zero-order valence-electron chi connectivity index (χ0n) is 13.1. The van der Waals surface area contributed by atoms with Gasteiger partial charge in [0.25, 0.3) is 0 Å². The third-order valence-corrected chi connectivity index (χ3v) is 4.51. The summed E-state index contributed by atoms with van der Waals surface area (Å²) in [4.78, 5) is 9.51. The Morgan fingerprint density at radius 3 is 2.75 bits per heavy atom. The summed E-state index contributed by atoms with van der Waals surface area (Å²) in [5.41, 5.74) is 6.60. The zero-order valence-corrected chi connectivity index (χ0v) is 13.1. The smallest absolute Gasteiger partial charge is 0.0906 e. The predicted octanol–water partition coefficient (Wildman–Crippen LogP) is 4.38. The molecular weight excluding hydrogens is 294 g/mol. The van der Waals surface area contributed by atoms with E-state index in [0.717, 1.165) is 27.9 Å². The van der Waals surface area contributed by atoms with Crippen LogP contribution in [0.3, 0.4) is 0 Å². The number of hydrogen-bond donors (Lipinski definition) is 0. The Hall–Kier alpha value is -3.20. The lowest BCUT2D eigenvalue weighted by molar-refractivity contribution is 1.02. The molecular formula is C21H15N3. The molecule has 1 aliphatic rings. The van der Waals surface area contributed by atoms with Gasteiger partial charge in [-0.2, -0.15) is 0 Å². The number of rotatable bonds is 1. The second-order valence-corrected chi connectivity index (χ2v) is 5.97. The van der Waals surface area contributed by atoms with Gasteiger partial charge in [-0.15, -0.1) is 0 Å². The van der Waals surface area contributed by atoms with Crippen molar-refractivity contribution in [2.75, 3.05) is 0 Å². The van der Waals surface area contributed by atoms with Gasteiger partial charge >= 0.3 is 0 Å². The van der Waals surface area contributed by atoms with Crippen molar-refractivity contribution in [2.24, 2.45) is 4.99 Å². The van der Waals surface area contributed by atoms with E-state index in [0.29, 0.717) is 6.54 Å². The number of benzene rings is 2. The van der Waals surface area contributed by atoms with Crippen LogP contribution in [-0.4, -0.2) is 15.3 Å². The second-order valence-electron chi connectivity index (χ2n) is 5.97. The van der Waals surface area contributed by atoms with E-state index in [1.807, 2.05) is 24.4 Å². The van der Waals surface area contributed by atoms with E-state index in [9.17, 15) is 0 Å². The Morgan fingerprint density at radius 1 is 0.875 bits per heavy atom. The summed E-state index contributed by atoms with van der Waals surface area (Å²) in [6.45, 7) is 0.681. The maximum atomic E-state index is 4.91. The van der Waals surface area contributed by atoms with Crippen molar-refractivity contribution in [3.05, 3.63) is 95.9 Å². The van der Waals surface area contributed by atoms with E-state index in [1.165, 1.54) is 11.3 Å². The molecule has 2 aromatic heterocycles. The normalized spacial score (nSPS) is 13.1. The van der Waals surface area contributed by atoms with Gasteiger partial charge in [-0.1, -0.05) is 36.4 Å². The van der Waals surface area contributed by atoms with Gasteiger partial charge in [0.05, 0.1) is 29.2 Å². The first kappa shape index (κ1) is 13.3. The molecule has 0 amide bonds. The van der Waals surface area contributed by atoms with E-state index < -0.39 is 0 Å². The topological polar surface area (TPSA) is 30.2 Å². The van der Waals surface area contributed by atoms with Crippen molar-refractivity contribution in [1.29, 1.82) is 0 Å². The van der Waals surface area contributed by atoms with Crippen LogP contribution in [0.1, 0.15) is 16.8 Å². The van der Waals surface area contributed by atoms with Crippen LogP contribution in [0, 0.1) is 0 Å². The van der Waals surface area contributed by atoms with Gasteiger partial charge in [-0.25, -0.2) is 0 Å². The molecule has 0 spiro atoms. The van der Waals surface area contributed by atoms with Gasteiger partial charge in [0.2, 0.25) is 0 Å². The van der Waals surface area contributed by atoms with Gasteiger partial charge in [0.15, 0.2) is 0 Å². The molecule has 24 heavy (non-hydrogen) atoms. The summed E-state index contributed by atoms with van der Waals surface area (Å²) in [6, 6.07) is 23.0. The number of aliphatic imine (C=N–C) groups is 1. The molecule has 0 N–H and O–H groups in total. The van der Waals surface area contributed by atoms with E-state index in [2.05, 4.69) is 64.3 Å². The molecule has 0 saturated carbocycles. The zero-order chi connectivity index (χ0) is 15.9. The molecule has 114 valence electrons. The van der Waals surface area contributed by atoms with Gasteiger partial charge in [-0.05, 0) is 35.9 Å². The summed E-state index contributed by atoms with van der Waals surface area (Å²) in [5, 5.41) is 1.14. The Kier molecular flexibility index (Phi) is 2.85. The SMILES string of the molecule is c1ccc2c(c1)CN=C(c1cnc3ccccc3c1)c1cccn1-2. The number of nitrogens with zero attached hydrogens (tertiary/aromatic N) is 3. The molecule has 0 atom stereocenters. The number of para-hydroxylation sites is 2. The minimum atomic E-state index is 0.681. The van der Waals surface area contributed by atoms with Crippen LogP contribution in [0.15, 0.2) is 84.1 Å². The Balaban J connectivity index is 1.72. The Labute approximate surface area is 139 Å². The molecule has 3 heteroatoms. The highest BCUT2D eigenvalue weighted by Gasteiger charge is 2.18. The van der Waals surface area contributed by atoms with Gasteiger partial charge in [0.1, 0.15) is 0 Å². The van der Waals surface area contributed by atoms with Crippen molar-refractivity contribution in [1.82, 2.24) is 9.55 Å². The fourth-order valence-corrected chi connectivity index (χ4v) is 3.35. The molecule has 3 nitrogen and oxygen atoms in total. The highest BCUT2D eigenvalue weighted by Crippen LogP contribution is 2.25. The number of fused-ring (bicyclic) bond motifs is 4.